The van der Waals surface area contributed by atoms with Gasteiger partial charge in [0.15, 0.2) is 0 Å². The standard InChI is InChI=1S/C10H11N3S/c1-8(9-3-5-14-6-9)13-10-2-4-11-7-12-10/h2-8H,1H3,(H,11,12,13). The minimum atomic E-state index is 0.288. The largest absolute Gasteiger partial charge is 0.363 e. The fourth-order valence-electron chi connectivity index (χ4n) is 1.20. The van der Waals surface area contributed by atoms with Gasteiger partial charge in [0, 0.05) is 6.20 Å². The molecule has 2 aromatic heterocycles. The highest BCUT2D eigenvalue weighted by Crippen LogP contribution is 2.19. The van der Waals surface area contributed by atoms with Crippen molar-refractivity contribution in [2.24, 2.45) is 0 Å². The summed E-state index contributed by atoms with van der Waals surface area (Å²) in [7, 11) is 0. The SMILES string of the molecule is CC(Nc1ccncn1)c1ccsc1. The molecular weight excluding hydrogens is 194 g/mol. The lowest BCUT2D eigenvalue weighted by Gasteiger charge is -2.12. The highest BCUT2D eigenvalue weighted by molar-refractivity contribution is 7.07. The van der Waals surface area contributed by atoms with Gasteiger partial charge in [-0.25, -0.2) is 9.97 Å². The van der Waals surface area contributed by atoms with E-state index in [-0.39, 0.29) is 6.04 Å². The molecule has 0 saturated heterocycles. The van der Waals surface area contributed by atoms with Gasteiger partial charge in [0.1, 0.15) is 12.1 Å². The summed E-state index contributed by atoms with van der Waals surface area (Å²) in [5.74, 6) is 0.860. The number of rotatable bonds is 3. The van der Waals surface area contributed by atoms with Gasteiger partial charge in [0.25, 0.3) is 0 Å². The Hall–Kier alpha value is -1.42. The predicted octanol–water partition coefficient (Wildman–Crippen LogP) is 2.71. The first kappa shape index (κ1) is 9.15. The summed E-state index contributed by atoms with van der Waals surface area (Å²) in [6.07, 6.45) is 3.28. The van der Waals surface area contributed by atoms with Crippen LogP contribution in [0.5, 0.6) is 0 Å². The molecule has 0 spiro atoms. The third-order valence-corrected chi connectivity index (χ3v) is 2.69. The van der Waals surface area contributed by atoms with Crippen LogP contribution in [0.15, 0.2) is 35.4 Å². The van der Waals surface area contributed by atoms with Crippen LogP contribution in [0.3, 0.4) is 0 Å². The number of anilines is 1. The van der Waals surface area contributed by atoms with E-state index in [2.05, 4.69) is 39.0 Å². The number of nitrogens with zero attached hydrogens (tertiary/aromatic N) is 2. The molecule has 0 radical (unpaired) electrons. The van der Waals surface area contributed by atoms with Crippen molar-refractivity contribution in [1.29, 1.82) is 0 Å². The molecule has 14 heavy (non-hydrogen) atoms. The van der Waals surface area contributed by atoms with Gasteiger partial charge in [-0.3, -0.25) is 0 Å². The van der Waals surface area contributed by atoms with Crippen molar-refractivity contribution in [2.75, 3.05) is 5.32 Å². The summed E-state index contributed by atoms with van der Waals surface area (Å²) in [6.45, 7) is 2.12. The molecule has 0 aliphatic rings. The summed E-state index contributed by atoms with van der Waals surface area (Å²) < 4.78 is 0. The third-order valence-electron chi connectivity index (χ3n) is 1.99. The molecular formula is C10H11N3S. The Balaban J connectivity index is 2.06. The Bertz CT molecular complexity index is 372. The van der Waals surface area contributed by atoms with E-state index in [4.69, 9.17) is 0 Å². The quantitative estimate of drug-likeness (QED) is 0.837. The zero-order chi connectivity index (χ0) is 9.80. The molecule has 0 fully saturated rings. The Morgan fingerprint density at radius 3 is 3.00 bits per heavy atom. The normalized spacial score (nSPS) is 12.4. The molecule has 0 saturated carbocycles. The topological polar surface area (TPSA) is 37.8 Å². The minimum absolute atomic E-state index is 0.288. The van der Waals surface area contributed by atoms with Crippen LogP contribution in [0, 0.1) is 0 Å². The molecule has 0 bridgehead atoms. The van der Waals surface area contributed by atoms with Crippen molar-refractivity contribution in [3.63, 3.8) is 0 Å². The van der Waals surface area contributed by atoms with Crippen molar-refractivity contribution < 1.29 is 0 Å². The number of nitrogens with one attached hydrogen (secondary N) is 1. The maximum absolute atomic E-state index is 4.11. The number of aromatic nitrogens is 2. The van der Waals surface area contributed by atoms with E-state index in [9.17, 15) is 0 Å². The van der Waals surface area contributed by atoms with Crippen LogP contribution in [-0.2, 0) is 0 Å². The zero-order valence-electron chi connectivity index (χ0n) is 7.84. The predicted molar refractivity (Wildman–Crippen MR) is 58.4 cm³/mol. The van der Waals surface area contributed by atoms with Crippen molar-refractivity contribution in [3.05, 3.63) is 41.0 Å². The highest BCUT2D eigenvalue weighted by atomic mass is 32.1. The van der Waals surface area contributed by atoms with Gasteiger partial charge < -0.3 is 5.32 Å². The van der Waals surface area contributed by atoms with Crippen molar-refractivity contribution in [3.8, 4) is 0 Å². The molecule has 0 aliphatic heterocycles. The molecule has 1 unspecified atom stereocenters. The van der Waals surface area contributed by atoms with E-state index < -0.39 is 0 Å². The third kappa shape index (κ3) is 2.09. The first-order chi connectivity index (χ1) is 6.86. The summed E-state index contributed by atoms with van der Waals surface area (Å²) in [5.41, 5.74) is 1.29. The monoisotopic (exact) mass is 205 g/mol. The van der Waals surface area contributed by atoms with Crippen LogP contribution in [0.1, 0.15) is 18.5 Å². The van der Waals surface area contributed by atoms with Gasteiger partial charge in [0.05, 0.1) is 6.04 Å². The van der Waals surface area contributed by atoms with Gasteiger partial charge in [-0.15, -0.1) is 0 Å². The zero-order valence-corrected chi connectivity index (χ0v) is 8.66. The van der Waals surface area contributed by atoms with Gasteiger partial charge in [-0.1, -0.05) is 0 Å². The van der Waals surface area contributed by atoms with E-state index in [1.54, 1.807) is 23.9 Å². The van der Waals surface area contributed by atoms with E-state index in [0.717, 1.165) is 5.82 Å². The van der Waals surface area contributed by atoms with Crippen LogP contribution in [0.25, 0.3) is 0 Å². The maximum atomic E-state index is 4.11. The Morgan fingerprint density at radius 2 is 2.36 bits per heavy atom. The summed E-state index contributed by atoms with van der Waals surface area (Å²) in [6, 6.07) is 4.27. The number of hydrogen-bond donors (Lipinski definition) is 1. The second kappa shape index (κ2) is 4.19. The molecule has 4 heteroatoms. The summed E-state index contributed by atoms with van der Waals surface area (Å²) in [5, 5.41) is 7.51. The van der Waals surface area contributed by atoms with Crippen LogP contribution in [-0.4, -0.2) is 9.97 Å². The second-order valence-corrected chi connectivity index (χ2v) is 3.80. The first-order valence-corrected chi connectivity index (χ1v) is 5.35. The van der Waals surface area contributed by atoms with Gasteiger partial charge in [-0.05, 0) is 35.4 Å². The van der Waals surface area contributed by atoms with Crippen LogP contribution in [0.2, 0.25) is 0 Å². The highest BCUT2D eigenvalue weighted by Gasteiger charge is 2.05. The van der Waals surface area contributed by atoms with E-state index >= 15 is 0 Å². The number of hydrogen-bond acceptors (Lipinski definition) is 4. The molecule has 72 valence electrons. The molecule has 1 N–H and O–H groups in total. The Labute approximate surface area is 86.8 Å². The van der Waals surface area contributed by atoms with E-state index in [0.29, 0.717) is 0 Å². The molecule has 2 aromatic rings. The fraction of sp³-hybridized carbons (Fsp3) is 0.200. The Morgan fingerprint density at radius 1 is 1.43 bits per heavy atom. The molecule has 2 heterocycles. The molecule has 0 amide bonds. The van der Waals surface area contributed by atoms with Gasteiger partial charge >= 0.3 is 0 Å². The van der Waals surface area contributed by atoms with Crippen molar-refractivity contribution in [1.82, 2.24) is 9.97 Å². The summed E-state index contributed by atoms with van der Waals surface area (Å²) in [4.78, 5) is 7.98. The Kier molecular flexibility index (Phi) is 2.74. The molecule has 1 atom stereocenters. The lowest BCUT2D eigenvalue weighted by atomic mass is 10.2. The maximum Gasteiger partial charge on any atom is 0.129 e. The van der Waals surface area contributed by atoms with Crippen molar-refractivity contribution >= 4 is 17.2 Å². The van der Waals surface area contributed by atoms with E-state index in [1.807, 2.05) is 6.07 Å². The van der Waals surface area contributed by atoms with Crippen LogP contribution >= 0.6 is 11.3 Å². The average molecular weight is 205 g/mol. The average Bonchev–Trinajstić information content (AvgIpc) is 2.72. The van der Waals surface area contributed by atoms with Gasteiger partial charge in [-0.2, -0.15) is 11.3 Å². The van der Waals surface area contributed by atoms with Crippen molar-refractivity contribution in [2.45, 2.75) is 13.0 Å². The lowest BCUT2D eigenvalue weighted by molar-refractivity contribution is 0.877. The van der Waals surface area contributed by atoms with Crippen LogP contribution < -0.4 is 5.32 Å². The van der Waals surface area contributed by atoms with Crippen LogP contribution in [0.4, 0.5) is 5.82 Å². The fourth-order valence-corrected chi connectivity index (χ4v) is 1.96. The molecule has 0 aliphatic carbocycles. The molecule has 2 rings (SSSR count). The minimum Gasteiger partial charge on any atom is -0.363 e. The first-order valence-electron chi connectivity index (χ1n) is 4.41. The lowest BCUT2D eigenvalue weighted by Crippen LogP contribution is -2.06. The second-order valence-electron chi connectivity index (χ2n) is 3.02. The molecule has 3 nitrogen and oxygen atoms in total. The number of thiophene rings is 1. The smallest absolute Gasteiger partial charge is 0.129 e. The summed E-state index contributed by atoms with van der Waals surface area (Å²) >= 11 is 1.71. The molecule has 0 aromatic carbocycles. The van der Waals surface area contributed by atoms with E-state index in [1.165, 1.54) is 5.56 Å². The van der Waals surface area contributed by atoms with Gasteiger partial charge in [0.2, 0.25) is 0 Å².